The maximum absolute atomic E-state index is 12.0. The van der Waals surface area contributed by atoms with Crippen molar-refractivity contribution in [2.24, 2.45) is 5.73 Å². The highest BCUT2D eigenvalue weighted by Gasteiger charge is 2.21. The molecule has 29 heavy (non-hydrogen) atoms. The number of aliphatic hydroxyl groups is 1. The summed E-state index contributed by atoms with van der Waals surface area (Å²) in [5, 5.41) is 9.43. The Morgan fingerprint density at radius 1 is 1.34 bits per heavy atom. The molecule has 0 spiro atoms. The second-order valence-corrected chi connectivity index (χ2v) is 8.42. The Morgan fingerprint density at radius 3 is 2.86 bits per heavy atom. The minimum atomic E-state index is -0.541. The first-order valence-electron chi connectivity index (χ1n) is 8.90. The minimum Gasteiger partial charge on any atom is -0.484 e. The van der Waals surface area contributed by atoms with Crippen LogP contribution in [0.15, 0.2) is 59.3 Å². The van der Waals surface area contributed by atoms with Crippen molar-refractivity contribution in [1.29, 1.82) is 0 Å². The number of hydrogen-bond acceptors (Lipinski definition) is 5. The van der Waals surface area contributed by atoms with E-state index in [1.165, 1.54) is 11.3 Å². The molecule has 0 radical (unpaired) electrons. The summed E-state index contributed by atoms with van der Waals surface area (Å²) < 4.78 is 8.93. The van der Waals surface area contributed by atoms with E-state index in [1.54, 1.807) is 6.20 Å². The average Bonchev–Trinajstić information content (AvgIpc) is 3.31. The lowest BCUT2D eigenvalue weighted by Gasteiger charge is -2.16. The van der Waals surface area contributed by atoms with E-state index in [2.05, 4.69) is 20.9 Å². The molecule has 8 heteroatoms. The van der Waals surface area contributed by atoms with Crippen molar-refractivity contribution < 1.29 is 14.6 Å². The number of rotatable bonds is 6. The van der Waals surface area contributed by atoms with Crippen molar-refractivity contribution in [1.82, 2.24) is 9.38 Å². The van der Waals surface area contributed by atoms with E-state index < -0.39 is 5.91 Å². The van der Waals surface area contributed by atoms with Crippen molar-refractivity contribution in [3.63, 3.8) is 0 Å². The number of hydrogen-bond donors (Lipinski definition) is 2. The van der Waals surface area contributed by atoms with E-state index in [0.29, 0.717) is 10.6 Å². The lowest BCUT2D eigenvalue weighted by molar-refractivity contribution is 0.0998. The molecule has 0 saturated carbocycles. The molecule has 4 rings (SSSR count). The van der Waals surface area contributed by atoms with Gasteiger partial charge in [-0.3, -0.25) is 9.20 Å². The zero-order chi connectivity index (χ0) is 20.5. The van der Waals surface area contributed by atoms with Gasteiger partial charge < -0.3 is 15.6 Å². The molecule has 3 aromatic heterocycles. The predicted molar refractivity (Wildman–Crippen MR) is 116 cm³/mol. The van der Waals surface area contributed by atoms with Gasteiger partial charge in [0.15, 0.2) is 0 Å². The fourth-order valence-electron chi connectivity index (χ4n) is 3.12. The molecule has 1 atom stereocenters. The number of halogens is 1. The molecule has 0 aliphatic rings. The molecule has 1 amide bonds. The van der Waals surface area contributed by atoms with E-state index in [-0.39, 0.29) is 12.7 Å². The number of imidazole rings is 1. The standard InChI is InChI=1S/C21H18BrN3O3S/c1-12(14-4-2-3-5-15(14)22)28-17-8-18(29-20(17)21(23)27)16-9-24-19-7-6-13(11-26)10-25(16)19/h2-10,12,26H,11H2,1H3,(H2,23,27). The summed E-state index contributed by atoms with van der Waals surface area (Å²) in [6.45, 7) is 1.85. The predicted octanol–water partition coefficient (Wildman–Crippen LogP) is 4.56. The van der Waals surface area contributed by atoms with Crippen LogP contribution in [0.25, 0.3) is 16.2 Å². The number of ether oxygens (including phenoxy) is 1. The molecule has 6 nitrogen and oxygen atoms in total. The minimum absolute atomic E-state index is 0.0671. The molecular formula is C21H18BrN3O3S. The number of thiophene rings is 1. The number of aromatic nitrogens is 2. The SMILES string of the molecule is CC(Oc1cc(-c2cnc3ccc(CO)cn23)sc1C(N)=O)c1ccccc1Br. The number of pyridine rings is 1. The number of carbonyl (C=O) groups is 1. The normalized spacial score (nSPS) is 12.2. The molecule has 0 fully saturated rings. The molecule has 1 unspecified atom stereocenters. The fourth-order valence-corrected chi connectivity index (χ4v) is 4.68. The zero-order valence-corrected chi connectivity index (χ0v) is 17.9. The highest BCUT2D eigenvalue weighted by atomic mass is 79.9. The fraction of sp³-hybridized carbons (Fsp3) is 0.143. The van der Waals surface area contributed by atoms with Gasteiger partial charge in [-0.2, -0.15) is 0 Å². The highest BCUT2D eigenvalue weighted by molar-refractivity contribution is 9.10. The summed E-state index contributed by atoms with van der Waals surface area (Å²) in [6, 6.07) is 13.3. The summed E-state index contributed by atoms with van der Waals surface area (Å²) in [4.78, 5) is 17.6. The Balaban J connectivity index is 1.74. The average molecular weight is 472 g/mol. The topological polar surface area (TPSA) is 89.8 Å². The Bertz CT molecular complexity index is 1200. The van der Waals surface area contributed by atoms with E-state index in [4.69, 9.17) is 10.5 Å². The van der Waals surface area contributed by atoms with Gasteiger partial charge in [-0.15, -0.1) is 11.3 Å². The molecule has 1 aromatic carbocycles. The number of primary amides is 1. The molecule has 0 saturated heterocycles. The van der Waals surface area contributed by atoms with Gasteiger partial charge in [-0.25, -0.2) is 4.98 Å². The van der Waals surface area contributed by atoms with Crippen LogP contribution in [-0.2, 0) is 6.61 Å². The second-order valence-electron chi connectivity index (χ2n) is 6.52. The van der Waals surface area contributed by atoms with Gasteiger partial charge in [0.05, 0.1) is 23.4 Å². The third-order valence-corrected chi connectivity index (χ3v) is 6.45. The van der Waals surface area contributed by atoms with Crippen LogP contribution in [0.5, 0.6) is 5.75 Å². The lowest BCUT2D eigenvalue weighted by Crippen LogP contribution is -2.12. The maximum Gasteiger partial charge on any atom is 0.262 e. The van der Waals surface area contributed by atoms with E-state index in [0.717, 1.165) is 31.8 Å². The number of benzene rings is 1. The van der Waals surface area contributed by atoms with Crippen LogP contribution in [0, 0.1) is 0 Å². The largest absolute Gasteiger partial charge is 0.484 e. The number of amides is 1. The highest BCUT2D eigenvalue weighted by Crippen LogP contribution is 2.39. The lowest BCUT2D eigenvalue weighted by atomic mass is 10.1. The number of aliphatic hydroxyl groups excluding tert-OH is 1. The van der Waals surface area contributed by atoms with Crippen molar-refractivity contribution in [3.05, 3.63) is 75.3 Å². The molecule has 3 N–H and O–H groups in total. The number of fused-ring (bicyclic) bond motifs is 1. The van der Waals surface area contributed by atoms with Crippen LogP contribution in [0.4, 0.5) is 0 Å². The molecule has 3 heterocycles. The monoisotopic (exact) mass is 471 g/mol. The van der Waals surface area contributed by atoms with E-state index >= 15 is 0 Å². The Morgan fingerprint density at radius 2 is 2.14 bits per heavy atom. The number of nitrogens with two attached hydrogens (primary N) is 1. The molecule has 0 aliphatic heterocycles. The number of carbonyl (C=O) groups excluding carboxylic acids is 1. The molecular weight excluding hydrogens is 454 g/mol. The third-order valence-electron chi connectivity index (χ3n) is 4.57. The van der Waals surface area contributed by atoms with E-state index in [9.17, 15) is 9.90 Å². The molecule has 0 bridgehead atoms. The summed E-state index contributed by atoms with van der Waals surface area (Å²) in [7, 11) is 0. The van der Waals surface area contributed by atoms with Crippen molar-refractivity contribution >= 4 is 38.8 Å². The summed E-state index contributed by atoms with van der Waals surface area (Å²) in [5.41, 5.74) is 8.89. The number of nitrogens with zero attached hydrogens (tertiary/aromatic N) is 2. The van der Waals surface area contributed by atoms with Gasteiger partial charge in [-0.1, -0.05) is 40.2 Å². The maximum atomic E-state index is 12.0. The molecule has 148 valence electrons. The summed E-state index contributed by atoms with van der Waals surface area (Å²) in [5.74, 6) is -0.102. The molecule has 4 aromatic rings. The van der Waals surface area contributed by atoms with Crippen LogP contribution in [0.3, 0.4) is 0 Å². The van der Waals surface area contributed by atoms with Gasteiger partial charge in [0.2, 0.25) is 0 Å². The van der Waals surface area contributed by atoms with Crippen LogP contribution in [-0.4, -0.2) is 20.4 Å². The first kappa shape index (κ1) is 19.6. The zero-order valence-electron chi connectivity index (χ0n) is 15.5. The van der Waals surface area contributed by atoms with Gasteiger partial charge in [-0.05, 0) is 24.6 Å². The second kappa shape index (κ2) is 7.98. The van der Waals surface area contributed by atoms with Crippen LogP contribution < -0.4 is 10.5 Å². The Labute approximate surface area is 179 Å². The third kappa shape index (κ3) is 3.78. The molecule has 0 aliphatic carbocycles. The van der Waals surface area contributed by atoms with Crippen molar-refractivity contribution in [2.45, 2.75) is 19.6 Å². The quantitative estimate of drug-likeness (QED) is 0.431. The summed E-state index contributed by atoms with van der Waals surface area (Å²) in [6.07, 6.45) is 3.27. The Kier molecular flexibility index (Phi) is 5.40. The van der Waals surface area contributed by atoms with Gasteiger partial charge in [0.1, 0.15) is 22.4 Å². The first-order valence-corrected chi connectivity index (χ1v) is 10.5. The van der Waals surface area contributed by atoms with Crippen molar-refractivity contribution in [2.75, 3.05) is 0 Å². The van der Waals surface area contributed by atoms with E-state index in [1.807, 2.05) is 60.0 Å². The summed E-state index contributed by atoms with van der Waals surface area (Å²) >= 11 is 4.79. The van der Waals surface area contributed by atoms with Gasteiger partial charge in [0, 0.05) is 22.3 Å². The van der Waals surface area contributed by atoms with Crippen molar-refractivity contribution in [3.8, 4) is 16.3 Å². The Hall–Kier alpha value is -2.68. The first-order chi connectivity index (χ1) is 14.0. The van der Waals surface area contributed by atoms with Gasteiger partial charge >= 0.3 is 0 Å². The van der Waals surface area contributed by atoms with Crippen LogP contribution >= 0.6 is 27.3 Å². The van der Waals surface area contributed by atoms with Crippen LogP contribution in [0.1, 0.15) is 33.8 Å². The smallest absolute Gasteiger partial charge is 0.262 e. The van der Waals surface area contributed by atoms with Gasteiger partial charge in [0.25, 0.3) is 5.91 Å². The van der Waals surface area contributed by atoms with Crippen LogP contribution in [0.2, 0.25) is 0 Å².